The molecule has 3 rings (SSSR count). The van der Waals surface area contributed by atoms with Crippen molar-refractivity contribution in [1.29, 1.82) is 0 Å². The summed E-state index contributed by atoms with van der Waals surface area (Å²) in [6.45, 7) is 3.63. The lowest BCUT2D eigenvalue weighted by molar-refractivity contribution is 0.0107. The highest BCUT2D eigenvalue weighted by Crippen LogP contribution is 2.53. The van der Waals surface area contributed by atoms with Gasteiger partial charge in [0.05, 0.1) is 0 Å². The first-order chi connectivity index (χ1) is 11.2. The van der Waals surface area contributed by atoms with Crippen LogP contribution in [0.2, 0.25) is 0 Å². The molecule has 21 heavy (non-hydrogen) atoms. The SMILES string of the molecule is [2H]C([2H])([2H])C1(C)Oc2cc(CCC)cc(O)c2[C@@H]2C=C(C)CC[C@H]21. The molecule has 0 saturated heterocycles. The molecule has 2 heteroatoms. The highest BCUT2D eigenvalue weighted by atomic mass is 16.5. The van der Waals surface area contributed by atoms with Crippen LogP contribution < -0.4 is 4.74 Å². The van der Waals surface area contributed by atoms with Crippen molar-refractivity contribution >= 4 is 0 Å². The Morgan fingerprint density at radius 3 is 3.00 bits per heavy atom. The molecule has 1 aliphatic carbocycles. The molecular weight excluding hydrogens is 260 g/mol. The fourth-order valence-electron chi connectivity index (χ4n) is 3.80. The molecule has 1 aliphatic heterocycles. The molecule has 114 valence electrons. The van der Waals surface area contributed by atoms with Gasteiger partial charge in [-0.15, -0.1) is 0 Å². The van der Waals surface area contributed by atoms with Gasteiger partial charge in [-0.1, -0.05) is 25.0 Å². The smallest absolute Gasteiger partial charge is 0.127 e. The number of rotatable bonds is 2. The van der Waals surface area contributed by atoms with Crippen molar-refractivity contribution in [2.45, 2.75) is 64.8 Å². The maximum absolute atomic E-state index is 10.6. The van der Waals surface area contributed by atoms with Crippen LogP contribution in [-0.2, 0) is 6.42 Å². The van der Waals surface area contributed by atoms with Gasteiger partial charge < -0.3 is 9.84 Å². The van der Waals surface area contributed by atoms with Crippen LogP contribution in [0.5, 0.6) is 11.5 Å². The number of ether oxygens (including phenoxy) is 1. The lowest BCUT2D eigenvalue weighted by Gasteiger charge is -2.46. The van der Waals surface area contributed by atoms with E-state index >= 15 is 0 Å². The van der Waals surface area contributed by atoms with Crippen molar-refractivity contribution in [3.05, 3.63) is 34.9 Å². The molecule has 1 heterocycles. The Hall–Kier alpha value is -1.44. The van der Waals surface area contributed by atoms with Gasteiger partial charge in [0.2, 0.25) is 0 Å². The van der Waals surface area contributed by atoms with Crippen LogP contribution >= 0.6 is 0 Å². The van der Waals surface area contributed by atoms with Crippen LogP contribution in [0.1, 0.15) is 68.0 Å². The van der Waals surface area contributed by atoms with Crippen LogP contribution in [-0.4, -0.2) is 10.7 Å². The second-order valence-electron chi connectivity index (χ2n) is 6.67. The molecule has 0 bridgehead atoms. The Labute approximate surface area is 132 Å². The molecule has 2 aliphatic rings. The second kappa shape index (κ2) is 5.08. The van der Waals surface area contributed by atoms with E-state index in [-0.39, 0.29) is 17.6 Å². The fraction of sp³-hybridized carbons (Fsp3) is 0.579. The van der Waals surface area contributed by atoms with Crippen molar-refractivity contribution in [3.8, 4) is 11.5 Å². The summed E-state index contributed by atoms with van der Waals surface area (Å²) in [4.78, 5) is 0. The van der Waals surface area contributed by atoms with Gasteiger partial charge in [0.25, 0.3) is 0 Å². The lowest BCUT2D eigenvalue weighted by Crippen LogP contribution is -2.45. The molecule has 3 atom stereocenters. The number of hydrogen-bond acceptors (Lipinski definition) is 2. The monoisotopic (exact) mass is 289 g/mol. The van der Waals surface area contributed by atoms with Crippen molar-refractivity contribution in [1.82, 2.24) is 0 Å². The van der Waals surface area contributed by atoms with E-state index in [1.807, 2.05) is 6.07 Å². The van der Waals surface area contributed by atoms with Crippen molar-refractivity contribution in [2.24, 2.45) is 5.92 Å². The average molecular weight is 289 g/mol. The first-order valence-electron chi connectivity index (χ1n) is 9.39. The molecule has 0 radical (unpaired) electrons. The number of aromatic hydroxyl groups is 1. The van der Waals surface area contributed by atoms with Gasteiger partial charge in [0.15, 0.2) is 0 Å². The van der Waals surface area contributed by atoms with Crippen molar-refractivity contribution in [3.63, 3.8) is 0 Å². The third-order valence-electron chi connectivity index (χ3n) is 4.83. The van der Waals surface area contributed by atoms with E-state index in [2.05, 4.69) is 19.9 Å². The van der Waals surface area contributed by atoms with Gasteiger partial charge in [0, 0.05) is 21.5 Å². The largest absolute Gasteiger partial charge is 0.507 e. The number of phenols is 1. The molecule has 0 amide bonds. The second-order valence-corrected chi connectivity index (χ2v) is 6.67. The normalized spacial score (nSPS) is 33.7. The van der Waals surface area contributed by atoms with E-state index in [1.165, 1.54) is 5.57 Å². The zero-order valence-electron chi connectivity index (χ0n) is 16.1. The molecule has 1 unspecified atom stereocenters. The van der Waals surface area contributed by atoms with E-state index < -0.39 is 12.5 Å². The highest BCUT2D eigenvalue weighted by Gasteiger charge is 2.45. The van der Waals surface area contributed by atoms with E-state index in [0.29, 0.717) is 5.75 Å². The lowest BCUT2D eigenvalue weighted by atomic mass is 9.68. The predicted molar refractivity (Wildman–Crippen MR) is 86.0 cm³/mol. The summed E-state index contributed by atoms with van der Waals surface area (Å²) in [5.41, 5.74) is 1.74. The minimum absolute atomic E-state index is 0.108. The van der Waals surface area contributed by atoms with Gasteiger partial charge >= 0.3 is 0 Å². The molecule has 1 aromatic carbocycles. The number of benzene rings is 1. The van der Waals surface area contributed by atoms with E-state index in [0.717, 1.165) is 36.8 Å². The summed E-state index contributed by atoms with van der Waals surface area (Å²) in [6.07, 6.45) is 5.55. The minimum Gasteiger partial charge on any atom is -0.507 e. The predicted octanol–water partition coefficient (Wildman–Crippen LogP) is 4.96. The van der Waals surface area contributed by atoms with Gasteiger partial charge in [-0.25, -0.2) is 0 Å². The fourth-order valence-corrected chi connectivity index (χ4v) is 3.80. The molecule has 0 fully saturated rings. The van der Waals surface area contributed by atoms with Gasteiger partial charge in [-0.2, -0.15) is 0 Å². The Morgan fingerprint density at radius 1 is 1.48 bits per heavy atom. The minimum atomic E-state index is -2.22. The molecule has 0 saturated carbocycles. The van der Waals surface area contributed by atoms with Crippen LogP contribution in [0.25, 0.3) is 0 Å². The van der Waals surface area contributed by atoms with Crippen LogP contribution in [0, 0.1) is 5.92 Å². The Balaban J connectivity index is 2.19. The quantitative estimate of drug-likeness (QED) is 0.780. The number of phenolic OH excluding ortho intramolecular Hbond substituents is 1. The number of fused-ring (bicyclic) bond motifs is 3. The summed E-state index contributed by atoms with van der Waals surface area (Å²) in [5.74, 6) is 0.487. The van der Waals surface area contributed by atoms with Crippen LogP contribution in [0.4, 0.5) is 0 Å². The van der Waals surface area contributed by atoms with E-state index in [9.17, 15) is 5.11 Å². The standard InChI is InChI=1S/C19H26O2/c1-5-6-13-10-16(20)18-14-9-12(2)7-8-15(14)19(3,4)21-17(18)11-13/h9-11,14-15,20H,5-8H2,1-4H3/t14-,15-/m1/s1/i3D3/t14-,15-,19?. The molecule has 1 N–H and O–H groups in total. The number of hydrogen-bond donors (Lipinski definition) is 1. The Morgan fingerprint density at radius 2 is 2.29 bits per heavy atom. The summed E-state index contributed by atoms with van der Waals surface area (Å²) >= 11 is 0. The first kappa shape index (κ1) is 11.2. The molecule has 1 aromatic rings. The van der Waals surface area contributed by atoms with Gasteiger partial charge in [0.1, 0.15) is 17.1 Å². The van der Waals surface area contributed by atoms with E-state index in [1.54, 1.807) is 13.0 Å². The zero-order valence-corrected chi connectivity index (χ0v) is 13.1. The highest BCUT2D eigenvalue weighted by molar-refractivity contribution is 5.53. The molecule has 0 aromatic heterocycles. The molecular formula is C19H26O2. The summed E-state index contributed by atoms with van der Waals surface area (Å²) in [7, 11) is 0. The summed E-state index contributed by atoms with van der Waals surface area (Å²) in [6, 6.07) is 3.72. The number of allylic oxidation sites excluding steroid dienone is 2. The van der Waals surface area contributed by atoms with Gasteiger partial charge in [-0.05, 0) is 57.7 Å². The summed E-state index contributed by atoms with van der Waals surface area (Å²) in [5, 5.41) is 10.6. The van der Waals surface area contributed by atoms with E-state index in [4.69, 9.17) is 8.85 Å². The third kappa shape index (κ3) is 2.45. The third-order valence-corrected chi connectivity index (χ3v) is 4.83. The summed E-state index contributed by atoms with van der Waals surface area (Å²) < 4.78 is 30.3. The average Bonchev–Trinajstić information content (AvgIpc) is 2.45. The van der Waals surface area contributed by atoms with Gasteiger partial charge in [-0.3, -0.25) is 0 Å². The topological polar surface area (TPSA) is 29.5 Å². The van der Waals surface area contributed by atoms with Crippen LogP contribution in [0.3, 0.4) is 0 Å². The first-order valence-corrected chi connectivity index (χ1v) is 7.89. The maximum Gasteiger partial charge on any atom is 0.127 e. The van der Waals surface area contributed by atoms with Crippen molar-refractivity contribution in [2.75, 3.05) is 0 Å². The zero-order chi connectivity index (χ0) is 17.7. The number of aryl methyl sites for hydroxylation is 1. The molecule has 2 nitrogen and oxygen atoms in total. The van der Waals surface area contributed by atoms with Crippen molar-refractivity contribution < 1.29 is 14.0 Å². The Bertz CT molecular complexity index is 678. The van der Waals surface area contributed by atoms with Crippen LogP contribution in [0.15, 0.2) is 23.8 Å². The molecule has 0 spiro atoms. The maximum atomic E-state index is 10.6. The Kier molecular flexibility index (Phi) is 2.70.